The van der Waals surface area contributed by atoms with Gasteiger partial charge in [-0.05, 0) is 30.2 Å². The van der Waals surface area contributed by atoms with Crippen LogP contribution >= 0.6 is 0 Å². The monoisotopic (exact) mass is 345 g/mol. The Labute approximate surface area is 147 Å². The minimum Gasteiger partial charge on any atom is -0.496 e. The zero-order valence-corrected chi connectivity index (χ0v) is 14.6. The van der Waals surface area contributed by atoms with E-state index in [2.05, 4.69) is 15.6 Å². The molecule has 2 rings (SSSR count). The number of benzene rings is 2. The highest BCUT2D eigenvalue weighted by Crippen LogP contribution is 2.17. The lowest BCUT2D eigenvalue weighted by Crippen LogP contribution is -2.40. The van der Waals surface area contributed by atoms with Crippen LogP contribution in [-0.4, -0.2) is 39.8 Å². The number of hydrogen-bond acceptors (Lipinski definition) is 3. The van der Waals surface area contributed by atoms with Gasteiger partial charge in [-0.25, -0.2) is 4.39 Å². The molecule has 0 atom stereocenters. The topological polar surface area (TPSA) is 54.9 Å². The van der Waals surface area contributed by atoms with Gasteiger partial charge in [-0.3, -0.25) is 4.99 Å². The molecule has 0 bridgehead atoms. The molecule has 0 unspecified atom stereocenters. The van der Waals surface area contributed by atoms with E-state index in [0.29, 0.717) is 24.9 Å². The van der Waals surface area contributed by atoms with Crippen LogP contribution in [0, 0.1) is 5.82 Å². The Morgan fingerprint density at radius 2 is 1.88 bits per heavy atom. The smallest absolute Gasteiger partial charge is 0.191 e. The van der Waals surface area contributed by atoms with Crippen molar-refractivity contribution in [3.8, 4) is 11.5 Å². The largest absolute Gasteiger partial charge is 0.496 e. The lowest BCUT2D eigenvalue weighted by Gasteiger charge is -2.13. The highest BCUT2D eigenvalue weighted by molar-refractivity contribution is 5.79. The summed E-state index contributed by atoms with van der Waals surface area (Å²) in [7, 11) is 3.39. The highest BCUT2D eigenvalue weighted by atomic mass is 19.1. The minimum absolute atomic E-state index is 0.306. The molecule has 5 nitrogen and oxygen atoms in total. The van der Waals surface area contributed by atoms with Gasteiger partial charge >= 0.3 is 0 Å². The zero-order valence-electron chi connectivity index (χ0n) is 14.6. The number of halogens is 1. The summed E-state index contributed by atoms with van der Waals surface area (Å²) < 4.78 is 23.9. The van der Waals surface area contributed by atoms with Crippen LogP contribution < -0.4 is 20.1 Å². The summed E-state index contributed by atoms with van der Waals surface area (Å²) in [4.78, 5) is 4.17. The van der Waals surface area contributed by atoms with E-state index in [1.807, 2.05) is 24.3 Å². The van der Waals surface area contributed by atoms with E-state index in [1.165, 1.54) is 12.1 Å². The van der Waals surface area contributed by atoms with E-state index < -0.39 is 0 Å². The Hall–Kier alpha value is -2.76. The first-order valence-electron chi connectivity index (χ1n) is 8.17. The van der Waals surface area contributed by atoms with Crippen molar-refractivity contribution in [2.45, 2.75) is 6.42 Å². The van der Waals surface area contributed by atoms with Crippen molar-refractivity contribution < 1.29 is 13.9 Å². The second-order valence-corrected chi connectivity index (χ2v) is 5.29. The molecule has 25 heavy (non-hydrogen) atoms. The maximum absolute atomic E-state index is 13.1. The van der Waals surface area contributed by atoms with Crippen LogP contribution in [0.1, 0.15) is 5.56 Å². The maximum atomic E-state index is 13.1. The standard InChI is InChI=1S/C19H24FN3O2/c1-21-19(22-11-10-15-6-3-4-9-18(15)24-2)23-12-13-25-17-8-5-7-16(20)14-17/h3-9,14H,10-13H2,1-2H3,(H2,21,22,23). The first-order chi connectivity index (χ1) is 12.2. The van der Waals surface area contributed by atoms with Crippen molar-refractivity contribution in [3.63, 3.8) is 0 Å². The molecule has 2 aromatic rings. The van der Waals surface area contributed by atoms with Crippen LogP contribution in [-0.2, 0) is 6.42 Å². The van der Waals surface area contributed by atoms with Gasteiger partial charge in [0.1, 0.15) is 23.9 Å². The summed E-state index contributed by atoms with van der Waals surface area (Å²) in [5.41, 5.74) is 1.14. The molecule has 0 radical (unpaired) electrons. The van der Waals surface area contributed by atoms with Crippen LogP contribution in [0.5, 0.6) is 11.5 Å². The third-order valence-corrected chi connectivity index (χ3v) is 3.56. The van der Waals surface area contributed by atoms with Crippen LogP contribution in [0.4, 0.5) is 4.39 Å². The predicted molar refractivity (Wildman–Crippen MR) is 98.0 cm³/mol. The van der Waals surface area contributed by atoms with Gasteiger partial charge in [0, 0.05) is 19.7 Å². The van der Waals surface area contributed by atoms with E-state index in [-0.39, 0.29) is 5.82 Å². The summed E-state index contributed by atoms with van der Waals surface area (Å²) in [5.74, 6) is 1.79. The van der Waals surface area contributed by atoms with Gasteiger partial charge < -0.3 is 20.1 Å². The third kappa shape index (κ3) is 6.33. The Morgan fingerprint density at radius 3 is 2.64 bits per heavy atom. The lowest BCUT2D eigenvalue weighted by molar-refractivity contribution is 0.320. The first-order valence-corrected chi connectivity index (χ1v) is 8.17. The van der Waals surface area contributed by atoms with Crippen molar-refractivity contribution in [3.05, 3.63) is 59.9 Å². The van der Waals surface area contributed by atoms with Crippen molar-refractivity contribution in [2.24, 2.45) is 4.99 Å². The van der Waals surface area contributed by atoms with E-state index in [4.69, 9.17) is 9.47 Å². The Kier molecular flexibility index (Phi) is 7.56. The summed E-state index contributed by atoms with van der Waals surface area (Å²) in [6.07, 6.45) is 0.824. The van der Waals surface area contributed by atoms with Crippen molar-refractivity contribution in [1.82, 2.24) is 10.6 Å². The number of ether oxygens (including phenoxy) is 2. The quantitative estimate of drug-likeness (QED) is 0.439. The number of nitrogens with one attached hydrogen (secondary N) is 2. The molecule has 0 aliphatic heterocycles. The van der Waals surface area contributed by atoms with Crippen LogP contribution in [0.25, 0.3) is 0 Å². The second-order valence-electron chi connectivity index (χ2n) is 5.29. The third-order valence-electron chi connectivity index (χ3n) is 3.56. The van der Waals surface area contributed by atoms with Gasteiger partial charge in [-0.1, -0.05) is 24.3 Å². The summed E-state index contributed by atoms with van der Waals surface area (Å²) in [6, 6.07) is 14.0. The van der Waals surface area contributed by atoms with E-state index >= 15 is 0 Å². The molecule has 0 heterocycles. The van der Waals surface area contributed by atoms with Gasteiger partial charge in [0.2, 0.25) is 0 Å². The average Bonchev–Trinajstić information content (AvgIpc) is 2.64. The van der Waals surface area contributed by atoms with Gasteiger partial charge in [-0.2, -0.15) is 0 Å². The minimum atomic E-state index is -0.306. The molecule has 6 heteroatoms. The Morgan fingerprint density at radius 1 is 1.08 bits per heavy atom. The summed E-state index contributed by atoms with van der Waals surface area (Å²) >= 11 is 0. The summed E-state index contributed by atoms with van der Waals surface area (Å²) in [6.45, 7) is 1.70. The van der Waals surface area contributed by atoms with Crippen LogP contribution in [0.3, 0.4) is 0 Å². The highest BCUT2D eigenvalue weighted by Gasteiger charge is 2.03. The molecule has 0 spiro atoms. The van der Waals surface area contributed by atoms with E-state index in [1.54, 1.807) is 26.3 Å². The van der Waals surface area contributed by atoms with E-state index in [9.17, 15) is 4.39 Å². The first kappa shape index (κ1) is 18.6. The molecule has 2 N–H and O–H groups in total. The van der Waals surface area contributed by atoms with Gasteiger partial charge in [0.15, 0.2) is 5.96 Å². The maximum Gasteiger partial charge on any atom is 0.191 e. The Balaban J connectivity index is 1.68. The predicted octanol–water partition coefficient (Wildman–Crippen LogP) is 2.62. The van der Waals surface area contributed by atoms with Gasteiger partial charge in [-0.15, -0.1) is 0 Å². The van der Waals surface area contributed by atoms with Crippen molar-refractivity contribution in [2.75, 3.05) is 33.9 Å². The number of para-hydroxylation sites is 1. The van der Waals surface area contributed by atoms with Crippen molar-refractivity contribution in [1.29, 1.82) is 0 Å². The molecule has 2 aromatic carbocycles. The summed E-state index contributed by atoms with van der Waals surface area (Å²) in [5, 5.41) is 6.40. The molecule has 134 valence electrons. The molecular weight excluding hydrogens is 321 g/mol. The molecular formula is C19H24FN3O2. The molecule has 0 aromatic heterocycles. The molecule has 0 saturated carbocycles. The number of aliphatic imine (C=N–C) groups is 1. The van der Waals surface area contributed by atoms with Crippen molar-refractivity contribution >= 4 is 5.96 Å². The van der Waals surface area contributed by atoms with E-state index in [0.717, 1.165) is 24.3 Å². The number of nitrogens with zero attached hydrogens (tertiary/aromatic N) is 1. The SMILES string of the molecule is CN=C(NCCOc1cccc(F)c1)NCCc1ccccc1OC. The zero-order chi connectivity index (χ0) is 17.9. The Bertz CT molecular complexity index is 692. The number of hydrogen-bond donors (Lipinski definition) is 2. The molecule has 0 aliphatic carbocycles. The van der Waals surface area contributed by atoms with Gasteiger partial charge in [0.05, 0.1) is 13.7 Å². The number of rotatable bonds is 8. The average molecular weight is 345 g/mol. The second kappa shape index (κ2) is 10.2. The van der Waals surface area contributed by atoms with Crippen LogP contribution in [0.15, 0.2) is 53.5 Å². The fourth-order valence-corrected chi connectivity index (χ4v) is 2.34. The lowest BCUT2D eigenvalue weighted by atomic mass is 10.1. The fourth-order valence-electron chi connectivity index (χ4n) is 2.34. The molecule has 0 fully saturated rings. The normalized spacial score (nSPS) is 11.1. The molecule has 0 aliphatic rings. The van der Waals surface area contributed by atoms with Crippen LogP contribution in [0.2, 0.25) is 0 Å². The number of methoxy groups -OCH3 is 1. The molecule has 0 amide bonds. The molecule has 0 saturated heterocycles. The fraction of sp³-hybridized carbons (Fsp3) is 0.316. The van der Waals surface area contributed by atoms with Gasteiger partial charge in [0.25, 0.3) is 0 Å². The number of guanidine groups is 1.